The summed E-state index contributed by atoms with van der Waals surface area (Å²) in [7, 11) is 1.74. The minimum Gasteiger partial charge on any atom is -0.316 e. The van der Waals surface area contributed by atoms with Gasteiger partial charge in [0, 0.05) is 31.4 Å². The van der Waals surface area contributed by atoms with Crippen molar-refractivity contribution in [1.82, 2.24) is 5.32 Å². The number of nitrogens with one attached hydrogen (secondary N) is 1. The summed E-state index contributed by atoms with van der Waals surface area (Å²) < 4.78 is 0. The molecule has 0 spiro atoms. The topological polar surface area (TPSA) is 75.5 Å². The second-order valence-electron chi connectivity index (χ2n) is 5.59. The molecular weight excluding hydrogens is 270 g/mol. The van der Waals surface area contributed by atoms with Gasteiger partial charge >= 0.3 is 0 Å². The number of carbonyl (C=O) groups is 1. The van der Waals surface area contributed by atoms with Gasteiger partial charge in [-0.1, -0.05) is 13.3 Å². The lowest BCUT2D eigenvalue weighted by Crippen LogP contribution is -2.43. The molecule has 1 saturated heterocycles. The summed E-state index contributed by atoms with van der Waals surface area (Å²) in [5.41, 5.74) is 0.379. The summed E-state index contributed by atoms with van der Waals surface area (Å²) in [6, 6.07) is 6.10. The molecule has 1 amide bonds. The number of benzene rings is 1. The van der Waals surface area contributed by atoms with Crippen LogP contribution in [0.3, 0.4) is 0 Å². The molecular formula is C15H21N3O3. The Morgan fingerprint density at radius 2 is 2.10 bits per heavy atom. The largest absolute Gasteiger partial charge is 0.316 e. The molecule has 0 radical (unpaired) electrons. The molecule has 6 nitrogen and oxygen atoms in total. The Morgan fingerprint density at radius 1 is 1.43 bits per heavy atom. The van der Waals surface area contributed by atoms with E-state index in [1.54, 1.807) is 24.1 Å². The number of hydrogen-bond acceptors (Lipinski definition) is 4. The highest BCUT2D eigenvalue weighted by Gasteiger charge is 2.42. The minimum atomic E-state index is -0.439. The van der Waals surface area contributed by atoms with E-state index in [-0.39, 0.29) is 17.0 Å². The van der Waals surface area contributed by atoms with E-state index in [9.17, 15) is 14.9 Å². The van der Waals surface area contributed by atoms with Gasteiger partial charge in [0.05, 0.1) is 10.3 Å². The maximum atomic E-state index is 12.8. The summed E-state index contributed by atoms with van der Waals surface area (Å²) in [5, 5.41) is 14.0. The molecule has 1 N–H and O–H groups in total. The van der Waals surface area contributed by atoms with Crippen LogP contribution in [0.15, 0.2) is 24.3 Å². The SMILES string of the molecule is CCCC1(C(=O)N(C)c2ccc([N+](=O)[O-])cc2)CCNC1. The predicted octanol–water partition coefficient (Wildman–Crippen LogP) is 2.34. The van der Waals surface area contributed by atoms with Gasteiger partial charge in [0.1, 0.15) is 0 Å². The van der Waals surface area contributed by atoms with Crippen LogP contribution < -0.4 is 10.2 Å². The quantitative estimate of drug-likeness (QED) is 0.667. The number of anilines is 1. The number of nitro benzene ring substituents is 1. The van der Waals surface area contributed by atoms with Gasteiger partial charge in [-0.15, -0.1) is 0 Å². The van der Waals surface area contributed by atoms with Gasteiger partial charge in [0.25, 0.3) is 5.69 Å². The molecule has 1 aromatic carbocycles. The fraction of sp³-hybridized carbons (Fsp3) is 0.533. The van der Waals surface area contributed by atoms with E-state index in [4.69, 9.17) is 0 Å². The third-order valence-electron chi connectivity index (χ3n) is 4.18. The lowest BCUT2D eigenvalue weighted by Gasteiger charge is -2.31. The molecule has 0 aliphatic carbocycles. The molecule has 1 aliphatic heterocycles. The standard InChI is InChI=1S/C15H21N3O3/c1-3-8-15(9-10-16-11-15)14(19)17(2)12-4-6-13(7-5-12)18(20)21/h4-7,16H,3,8-11H2,1-2H3. The Kier molecular flexibility index (Phi) is 4.57. The molecule has 1 aliphatic rings. The van der Waals surface area contributed by atoms with Gasteiger partial charge in [-0.25, -0.2) is 0 Å². The van der Waals surface area contributed by atoms with Gasteiger partial charge in [0.15, 0.2) is 0 Å². The van der Waals surface area contributed by atoms with E-state index in [0.717, 1.165) is 25.8 Å². The number of rotatable bonds is 5. The van der Waals surface area contributed by atoms with E-state index < -0.39 is 4.92 Å². The zero-order chi connectivity index (χ0) is 15.5. The third kappa shape index (κ3) is 3.05. The Hall–Kier alpha value is -1.95. The molecule has 1 unspecified atom stereocenters. The van der Waals surface area contributed by atoms with Crippen molar-refractivity contribution in [2.45, 2.75) is 26.2 Å². The van der Waals surface area contributed by atoms with E-state index in [0.29, 0.717) is 12.2 Å². The van der Waals surface area contributed by atoms with Gasteiger partial charge in [0.2, 0.25) is 5.91 Å². The monoisotopic (exact) mass is 291 g/mol. The lowest BCUT2D eigenvalue weighted by molar-refractivity contribution is -0.384. The molecule has 0 saturated carbocycles. The van der Waals surface area contributed by atoms with Crippen LogP contribution >= 0.6 is 0 Å². The third-order valence-corrected chi connectivity index (χ3v) is 4.18. The van der Waals surface area contributed by atoms with Crippen molar-refractivity contribution in [3.05, 3.63) is 34.4 Å². The van der Waals surface area contributed by atoms with Crippen LogP contribution in [0.25, 0.3) is 0 Å². The van der Waals surface area contributed by atoms with Crippen molar-refractivity contribution >= 4 is 17.3 Å². The smallest absolute Gasteiger partial charge is 0.269 e. The number of hydrogen-bond donors (Lipinski definition) is 1. The van der Waals surface area contributed by atoms with Crippen molar-refractivity contribution in [2.24, 2.45) is 5.41 Å². The maximum Gasteiger partial charge on any atom is 0.269 e. The summed E-state index contributed by atoms with van der Waals surface area (Å²) >= 11 is 0. The second kappa shape index (κ2) is 6.22. The molecule has 114 valence electrons. The van der Waals surface area contributed by atoms with Crippen LogP contribution in [0, 0.1) is 15.5 Å². The minimum absolute atomic E-state index is 0.0328. The molecule has 1 atom stereocenters. The van der Waals surface area contributed by atoms with Crippen LogP contribution in [-0.4, -0.2) is 31.0 Å². The molecule has 1 aromatic rings. The van der Waals surface area contributed by atoms with Crippen LogP contribution in [-0.2, 0) is 4.79 Å². The second-order valence-corrected chi connectivity index (χ2v) is 5.59. The van der Waals surface area contributed by atoms with Gasteiger partial charge in [-0.2, -0.15) is 0 Å². The molecule has 0 aromatic heterocycles. The highest BCUT2D eigenvalue weighted by molar-refractivity contribution is 5.97. The Bertz CT molecular complexity index is 521. The van der Waals surface area contributed by atoms with E-state index in [2.05, 4.69) is 12.2 Å². The highest BCUT2D eigenvalue weighted by atomic mass is 16.6. The average Bonchev–Trinajstić information content (AvgIpc) is 2.96. The van der Waals surface area contributed by atoms with Crippen molar-refractivity contribution in [1.29, 1.82) is 0 Å². The first kappa shape index (κ1) is 15.4. The lowest BCUT2D eigenvalue weighted by atomic mass is 9.81. The molecule has 1 fully saturated rings. The summed E-state index contributed by atoms with van der Waals surface area (Å²) in [6.07, 6.45) is 2.66. The number of amides is 1. The predicted molar refractivity (Wildman–Crippen MR) is 81.3 cm³/mol. The first-order chi connectivity index (χ1) is 10.00. The maximum absolute atomic E-state index is 12.8. The fourth-order valence-corrected chi connectivity index (χ4v) is 3.00. The van der Waals surface area contributed by atoms with E-state index in [1.165, 1.54) is 12.1 Å². The number of carbonyl (C=O) groups excluding carboxylic acids is 1. The summed E-state index contributed by atoms with van der Waals surface area (Å²) in [4.78, 5) is 24.7. The highest BCUT2D eigenvalue weighted by Crippen LogP contribution is 2.34. The number of non-ortho nitro benzene ring substituents is 1. The first-order valence-electron chi connectivity index (χ1n) is 7.23. The van der Waals surface area contributed by atoms with E-state index >= 15 is 0 Å². The van der Waals surface area contributed by atoms with Crippen LogP contribution in [0.5, 0.6) is 0 Å². The Labute approximate surface area is 124 Å². The van der Waals surface area contributed by atoms with Crippen molar-refractivity contribution in [3.63, 3.8) is 0 Å². The van der Waals surface area contributed by atoms with Crippen molar-refractivity contribution in [3.8, 4) is 0 Å². The molecule has 0 bridgehead atoms. The number of nitrogens with zero attached hydrogens (tertiary/aromatic N) is 2. The fourth-order valence-electron chi connectivity index (χ4n) is 3.00. The van der Waals surface area contributed by atoms with Gasteiger partial charge in [-0.05, 0) is 31.5 Å². The van der Waals surface area contributed by atoms with Crippen LogP contribution in [0.1, 0.15) is 26.2 Å². The molecule has 6 heteroatoms. The molecule has 21 heavy (non-hydrogen) atoms. The van der Waals surface area contributed by atoms with Crippen molar-refractivity contribution < 1.29 is 9.72 Å². The first-order valence-corrected chi connectivity index (χ1v) is 7.23. The molecule has 2 rings (SSSR count). The Balaban J connectivity index is 2.19. The average molecular weight is 291 g/mol. The summed E-state index contributed by atoms with van der Waals surface area (Å²) in [6.45, 7) is 3.65. The van der Waals surface area contributed by atoms with Crippen LogP contribution in [0.2, 0.25) is 0 Å². The van der Waals surface area contributed by atoms with Gasteiger partial charge in [-0.3, -0.25) is 14.9 Å². The number of nitro groups is 1. The molecule has 1 heterocycles. The van der Waals surface area contributed by atoms with Crippen molar-refractivity contribution in [2.75, 3.05) is 25.0 Å². The normalized spacial score (nSPS) is 21.2. The van der Waals surface area contributed by atoms with Crippen LogP contribution in [0.4, 0.5) is 11.4 Å². The zero-order valence-corrected chi connectivity index (χ0v) is 12.5. The summed E-state index contributed by atoms with van der Waals surface area (Å²) in [5.74, 6) is 0.0863. The Morgan fingerprint density at radius 3 is 2.57 bits per heavy atom. The van der Waals surface area contributed by atoms with Gasteiger partial charge < -0.3 is 10.2 Å². The van der Waals surface area contributed by atoms with E-state index in [1.807, 2.05) is 0 Å². The zero-order valence-electron chi connectivity index (χ0n) is 12.5.